The molecule has 0 aliphatic carbocycles. The fraction of sp³-hybridized carbons (Fsp3) is 0.444. The van der Waals surface area contributed by atoms with E-state index in [0.29, 0.717) is 23.4 Å². The molecule has 6 heteroatoms. The van der Waals surface area contributed by atoms with Crippen molar-refractivity contribution < 1.29 is 9.21 Å². The summed E-state index contributed by atoms with van der Waals surface area (Å²) in [4.78, 5) is 19.0. The van der Waals surface area contributed by atoms with Crippen molar-refractivity contribution in [3.05, 3.63) is 36.4 Å². The number of oxazole rings is 1. The molecule has 4 heterocycles. The Morgan fingerprint density at radius 3 is 3.04 bits per heavy atom. The molecule has 0 saturated carbocycles. The fourth-order valence-corrected chi connectivity index (χ4v) is 3.89. The molecule has 3 unspecified atom stereocenters. The zero-order chi connectivity index (χ0) is 16.7. The molecule has 5 rings (SSSR count). The predicted octanol–water partition coefficient (Wildman–Crippen LogP) is 2.14. The molecule has 2 bridgehead atoms. The topological polar surface area (TPSA) is 84.4 Å². The van der Waals surface area contributed by atoms with Crippen molar-refractivity contribution in [1.29, 1.82) is 0 Å². The van der Waals surface area contributed by atoms with Gasteiger partial charge in [0.05, 0.1) is 6.20 Å². The molecule has 1 amide bonds. The Morgan fingerprint density at radius 2 is 2.33 bits per heavy atom. The van der Waals surface area contributed by atoms with Gasteiger partial charge in [-0.05, 0) is 44.4 Å². The maximum Gasteiger partial charge on any atom is 0.307 e. The summed E-state index contributed by atoms with van der Waals surface area (Å²) in [6, 6.07) is 8.15. The second kappa shape index (κ2) is 5.94. The quantitative estimate of drug-likeness (QED) is 0.844. The lowest BCUT2D eigenvalue weighted by atomic mass is 9.80. The number of nitrogen functional groups attached to an aromatic ring is 1. The first-order valence-electron chi connectivity index (χ1n) is 8.47. The van der Waals surface area contributed by atoms with E-state index in [4.69, 9.17) is 10.2 Å². The van der Waals surface area contributed by atoms with E-state index in [2.05, 4.69) is 22.1 Å². The van der Waals surface area contributed by atoms with Gasteiger partial charge in [0.1, 0.15) is 0 Å². The van der Waals surface area contributed by atoms with E-state index in [1.807, 2.05) is 18.2 Å². The SMILES string of the molecule is CC1CC2CCN1C[C@@H]2NC(=O)c1ncc(-c2cccc(N)c2)o1. The summed E-state index contributed by atoms with van der Waals surface area (Å²) in [5.74, 6) is 0.973. The highest BCUT2D eigenvalue weighted by Crippen LogP contribution is 2.32. The van der Waals surface area contributed by atoms with E-state index in [9.17, 15) is 4.79 Å². The zero-order valence-corrected chi connectivity index (χ0v) is 13.7. The molecular weight excluding hydrogens is 304 g/mol. The van der Waals surface area contributed by atoms with Gasteiger partial charge < -0.3 is 15.5 Å². The highest BCUT2D eigenvalue weighted by molar-refractivity contribution is 5.90. The molecule has 126 valence electrons. The van der Waals surface area contributed by atoms with Crippen LogP contribution in [0.5, 0.6) is 0 Å². The number of piperidine rings is 3. The summed E-state index contributed by atoms with van der Waals surface area (Å²) < 4.78 is 5.64. The largest absolute Gasteiger partial charge is 0.432 e. The van der Waals surface area contributed by atoms with Gasteiger partial charge >= 0.3 is 5.91 Å². The summed E-state index contributed by atoms with van der Waals surface area (Å²) in [7, 11) is 0. The van der Waals surface area contributed by atoms with Gasteiger partial charge in [0, 0.05) is 29.9 Å². The first-order chi connectivity index (χ1) is 11.6. The van der Waals surface area contributed by atoms with Crippen molar-refractivity contribution in [3.8, 4) is 11.3 Å². The number of carbonyl (C=O) groups excluding carboxylic acids is 1. The molecule has 0 radical (unpaired) electrons. The van der Waals surface area contributed by atoms with Crippen LogP contribution in [0.25, 0.3) is 11.3 Å². The lowest BCUT2D eigenvalue weighted by Gasteiger charge is -2.48. The molecule has 6 nitrogen and oxygen atoms in total. The zero-order valence-electron chi connectivity index (χ0n) is 13.7. The van der Waals surface area contributed by atoms with Crippen molar-refractivity contribution >= 4 is 11.6 Å². The minimum absolute atomic E-state index is 0.108. The van der Waals surface area contributed by atoms with Crippen LogP contribution in [0.1, 0.15) is 30.5 Å². The maximum absolute atomic E-state index is 12.5. The molecular formula is C18H22N4O2. The van der Waals surface area contributed by atoms with Crippen molar-refractivity contribution in [2.45, 2.75) is 31.8 Å². The number of anilines is 1. The van der Waals surface area contributed by atoms with Gasteiger partial charge in [-0.2, -0.15) is 0 Å². The first kappa shape index (κ1) is 15.2. The molecule has 2 aromatic rings. The van der Waals surface area contributed by atoms with E-state index >= 15 is 0 Å². The molecule has 3 aliphatic rings. The molecule has 1 aromatic heterocycles. The van der Waals surface area contributed by atoms with E-state index < -0.39 is 0 Å². The second-order valence-corrected chi connectivity index (χ2v) is 6.86. The number of carbonyl (C=O) groups is 1. The summed E-state index contributed by atoms with van der Waals surface area (Å²) in [5.41, 5.74) is 7.25. The number of amides is 1. The third-order valence-electron chi connectivity index (χ3n) is 5.24. The first-order valence-corrected chi connectivity index (χ1v) is 8.47. The Labute approximate surface area is 141 Å². The van der Waals surface area contributed by atoms with Crippen LogP contribution >= 0.6 is 0 Å². The van der Waals surface area contributed by atoms with Crippen LogP contribution in [0.3, 0.4) is 0 Å². The van der Waals surface area contributed by atoms with Crippen LogP contribution in [0, 0.1) is 5.92 Å². The Morgan fingerprint density at radius 1 is 1.46 bits per heavy atom. The molecule has 3 aliphatic heterocycles. The summed E-state index contributed by atoms with van der Waals surface area (Å²) in [6.45, 7) is 4.31. The average Bonchev–Trinajstić information content (AvgIpc) is 3.06. The fourth-order valence-electron chi connectivity index (χ4n) is 3.89. The normalized spacial score (nSPS) is 28.7. The monoisotopic (exact) mass is 326 g/mol. The van der Waals surface area contributed by atoms with Gasteiger partial charge in [0.15, 0.2) is 5.76 Å². The Balaban J connectivity index is 1.46. The molecule has 1 aromatic carbocycles. The number of hydrogen-bond acceptors (Lipinski definition) is 5. The van der Waals surface area contributed by atoms with Crippen LogP contribution in [0.2, 0.25) is 0 Å². The second-order valence-electron chi connectivity index (χ2n) is 6.86. The van der Waals surface area contributed by atoms with Gasteiger partial charge in [-0.3, -0.25) is 9.69 Å². The maximum atomic E-state index is 12.5. The van der Waals surface area contributed by atoms with Gasteiger partial charge in [-0.1, -0.05) is 12.1 Å². The number of nitrogens with two attached hydrogens (primary N) is 1. The molecule has 3 fully saturated rings. The van der Waals surface area contributed by atoms with E-state index in [0.717, 1.165) is 31.5 Å². The van der Waals surface area contributed by atoms with Crippen molar-refractivity contribution in [2.75, 3.05) is 18.8 Å². The molecule has 4 atom stereocenters. The smallest absolute Gasteiger partial charge is 0.307 e. The summed E-state index contributed by atoms with van der Waals surface area (Å²) in [5, 5.41) is 3.10. The number of nitrogens with zero attached hydrogens (tertiary/aromatic N) is 2. The number of aromatic nitrogens is 1. The van der Waals surface area contributed by atoms with Gasteiger partial charge in [-0.15, -0.1) is 0 Å². The Kier molecular flexibility index (Phi) is 3.76. The summed E-state index contributed by atoms with van der Waals surface area (Å²) >= 11 is 0. The number of rotatable bonds is 3. The third-order valence-corrected chi connectivity index (χ3v) is 5.24. The highest BCUT2D eigenvalue weighted by atomic mass is 16.4. The minimum Gasteiger partial charge on any atom is -0.432 e. The van der Waals surface area contributed by atoms with E-state index in [-0.39, 0.29) is 17.8 Å². The molecule has 3 saturated heterocycles. The number of nitrogens with one attached hydrogen (secondary N) is 1. The van der Waals surface area contributed by atoms with Crippen LogP contribution in [0.15, 0.2) is 34.9 Å². The third kappa shape index (κ3) is 2.78. The number of hydrogen-bond donors (Lipinski definition) is 2. The number of benzene rings is 1. The van der Waals surface area contributed by atoms with Gasteiger partial charge in [-0.25, -0.2) is 4.98 Å². The van der Waals surface area contributed by atoms with Crippen LogP contribution in [0.4, 0.5) is 5.69 Å². The van der Waals surface area contributed by atoms with E-state index in [1.165, 1.54) is 0 Å². The predicted molar refractivity (Wildman–Crippen MR) is 91.4 cm³/mol. The highest BCUT2D eigenvalue weighted by Gasteiger charge is 2.39. The van der Waals surface area contributed by atoms with E-state index in [1.54, 1.807) is 12.3 Å². The van der Waals surface area contributed by atoms with Gasteiger partial charge in [0.25, 0.3) is 5.89 Å². The average molecular weight is 326 g/mol. The Hall–Kier alpha value is -2.34. The Bertz CT molecular complexity index is 757. The van der Waals surface area contributed by atoms with Crippen molar-refractivity contribution in [1.82, 2.24) is 15.2 Å². The van der Waals surface area contributed by atoms with Crippen LogP contribution in [-0.4, -0.2) is 41.0 Å². The minimum atomic E-state index is -0.239. The van der Waals surface area contributed by atoms with Gasteiger partial charge in [0.2, 0.25) is 0 Å². The van der Waals surface area contributed by atoms with Crippen molar-refractivity contribution in [3.63, 3.8) is 0 Å². The lowest BCUT2D eigenvalue weighted by Crippen LogP contribution is -2.60. The van der Waals surface area contributed by atoms with Crippen molar-refractivity contribution in [2.24, 2.45) is 5.92 Å². The molecule has 0 spiro atoms. The molecule has 3 N–H and O–H groups in total. The van der Waals surface area contributed by atoms with Crippen LogP contribution < -0.4 is 11.1 Å². The lowest BCUT2D eigenvalue weighted by molar-refractivity contribution is 0.0267. The number of fused-ring (bicyclic) bond motifs is 3. The standard InChI is InChI=1S/C18H22N4O2/c1-11-7-12-5-6-22(11)10-15(12)21-17(23)18-20-9-16(24-18)13-3-2-4-14(19)8-13/h2-4,8-9,11-12,15H,5-7,10,19H2,1H3,(H,21,23)/t11?,12?,15-/m0/s1. The van der Waals surface area contributed by atoms with Crippen LogP contribution in [-0.2, 0) is 0 Å². The molecule has 24 heavy (non-hydrogen) atoms. The summed E-state index contributed by atoms with van der Waals surface area (Å²) in [6.07, 6.45) is 3.86.